The minimum absolute atomic E-state index is 0.141. The fraction of sp³-hybridized carbons (Fsp3) is 0.381. The zero-order valence-corrected chi connectivity index (χ0v) is 17.1. The van der Waals surface area contributed by atoms with Crippen molar-refractivity contribution in [2.24, 2.45) is 0 Å². The Morgan fingerprint density at radius 2 is 1.79 bits per heavy atom. The number of halogens is 1. The Morgan fingerprint density at radius 1 is 1.11 bits per heavy atom. The number of benzene rings is 2. The lowest BCUT2D eigenvalue weighted by Gasteiger charge is -2.29. The molecule has 0 saturated carbocycles. The highest BCUT2D eigenvalue weighted by molar-refractivity contribution is 7.92. The zero-order valence-electron chi connectivity index (χ0n) is 16.3. The van der Waals surface area contributed by atoms with Gasteiger partial charge in [0.2, 0.25) is 15.9 Å². The van der Waals surface area contributed by atoms with Crippen molar-refractivity contribution < 1.29 is 17.6 Å². The maximum atomic E-state index is 14.2. The van der Waals surface area contributed by atoms with Gasteiger partial charge >= 0.3 is 0 Å². The van der Waals surface area contributed by atoms with Crippen LogP contribution >= 0.6 is 0 Å². The molecular weight excluding hydrogens is 379 g/mol. The third kappa shape index (κ3) is 4.19. The van der Waals surface area contributed by atoms with Crippen LogP contribution in [0.15, 0.2) is 42.5 Å². The van der Waals surface area contributed by atoms with E-state index in [9.17, 15) is 17.6 Å². The number of hydrogen-bond donors (Lipinski definition) is 1. The smallest absolute Gasteiger partial charge is 0.244 e. The maximum absolute atomic E-state index is 14.2. The first-order valence-electron chi connectivity index (χ1n) is 9.34. The van der Waals surface area contributed by atoms with Crippen molar-refractivity contribution in [1.82, 2.24) is 5.32 Å². The van der Waals surface area contributed by atoms with E-state index in [1.807, 2.05) is 13.0 Å². The highest BCUT2D eigenvalue weighted by Crippen LogP contribution is 2.27. The van der Waals surface area contributed by atoms with E-state index >= 15 is 0 Å². The van der Waals surface area contributed by atoms with Crippen molar-refractivity contribution in [3.8, 4) is 0 Å². The summed E-state index contributed by atoms with van der Waals surface area (Å²) < 4.78 is 39.6. The summed E-state index contributed by atoms with van der Waals surface area (Å²) in [7, 11) is -3.86. The number of carbonyl (C=O) groups is 1. The molecule has 3 rings (SSSR count). The lowest BCUT2D eigenvalue weighted by Crippen LogP contribution is -2.48. The molecule has 7 heteroatoms. The normalized spacial score (nSPS) is 15.6. The van der Waals surface area contributed by atoms with Gasteiger partial charge in [-0.25, -0.2) is 12.8 Å². The number of amides is 1. The monoisotopic (exact) mass is 404 g/mol. The Labute approximate surface area is 165 Å². The van der Waals surface area contributed by atoms with Crippen LogP contribution in [-0.2, 0) is 27.7 Å². The molecule has 0 aromatic heterocycles. The summed E-state index contributed by atoms with van der Waals surface area (Å²) in [6.07, 6.45) is 4.23. The second kappa shape index (κ2) is 7.91. The molecule has 2 atom stereocenters. The summed E-state index contributed by atoms with van der Waals surface area (Å²) in [6, 6.07) is 10.3. The van der Waals surface area contributed by atoms with Crippen molar-refractivity contribution >= 4 is 21.6 Å². The summed E-state index contributed by atoms with van der Waals surface area (Å²) in [6.45, 7) is 3.31. The summed E-state index contributed by atoms with van der Waals surface area (Å²) in [5.41, 5.74) is 3.48. The van der Waals surface area contributed by atoms with E-state index in [4.69, 9.17) is 0 Å². The van der Waals surface area contributed by atoms with Crippen LogP contribution in [0.5, 0.6) is 0 Å². The van der Waals surface area contributed by atoms with Gasteiger partial charge < -0.3 is 5.32 Å². The van der Waals surface area contributed by atoms with Crippen molar-refractivity contribution in [3.05, 3.63) is 65.0 Å². The van der Waals surface area contributed by atoms with Gasteiger partial charge in [-0.1, -0.05) is 30.3 Å². The fourth-order valence-electron chi connectivity index (χ4n) is 3.69. The molecule has 0 aliphatic heterocycles. The molecule has 150 valence electrons. The quantitative estimate of drug-likeness (QED) is 0.803. The Balaban J connectivity index is 1.81. The van der Waals surface area contributed by atoms with Gasteiger partial charge in [-0.2, -0.15) is 0 Å². The molecule has 1 N–H and O–H groups in total. The predicted molar refractivity (Wildman–Crippen MR) is 108 cm³/mol. The van der Waals surface area contributed by atoms with E-state index in [0.717, 1.165) is 35.4 Å². The Bertz CT molecular complexity index is 991. The van der Waals surface area contributed by atoms with Crippen molar-refractivity contribution in [3.63, 3.8) is 0 Å². The van der Waals surface area contributed by atoms with Crippen LogP contribution in [0, 0.1) is 5.82 Å². The Hall–Kier alpha value is -2.41. The zero-order chi connectivity index (χ0) is 20.5. The second-order valence-corrected chi connectivity index (χ2v) is 9.16. The molecular formula is C21H25FN2O3S. The number of aryl methyl sites for hydroxylation is 2. The van der Waals surface area contributed by atoms with E-state index in [2.05, 4.69) is 17.4 Å². The second-order valence-electron chi connectivity index (χ2n) is 7.30. The van der Waals surface area contributed by atoms with Crippen LogP contribution in [-0.4, -0.2) is 26.6 Å². The number of para-hydroxylation sites is 1. The minimum atomic E-state index is -3.86. The number of sulfonamides is 1. The highest BCUT2D eigenvalue weighted by atomic mass is 32.2. The van der Waals surface area contributed by atoms with Crippen LogP contribution < -0.4 is 9.62 Å². The SMILES string of the molecule is C[C@H](NC(=O)[C@@H](C)N(c1ccccc1F)S(C)(=O)=O)c1ccc2c(c1)CCC2. The molecule has 0 fully saturated rings. The molecule has 1 aliphatic carbocycles. The van der Waals surface area contributed by atoms with Gasteiger partial charge in [-0.05, 0) is 61.9 Å². The van der Waals surface area contributed by atoms with Crippen molar-refractivity contribution in [2.75, 3.05) is 10.6 Å². The first-order chi connectivity index (χ1) is 13.2. The van der Waals surface area contributed by atoms with Crippen LogP contribution in [0.1, 0.15) is 43.0 Å². The molecule has 1 aliphatic rings. The van der Waals surface area contributed by atoms with Gasteiger partial charge in [0.05, 0.1) is 18.0 Å². The number of anilines is 1. The summed E-state index contributed by atoms with van der Waals surface area (Å²) in [5.74, 6) is -1.18. The molecule has 1 amide bonds. The average molecular weight is 405 g/mol. The number of carbonyl (C=O) groups excluding carboxylic acids is 1. The molecule has 0 unspecified atom stereocenters. The maximum Gasteiger partial charge on any atom is 0.244 e. The Kier molecular flexibility index (Phi) is 5.74. The molecule has 0 radical (unpaired) electrons. The standard InChI is InChI=1S/C21H25FN2O3S/c1-14(17-12-11-16-7-6-8-18(16)13-17)23-21(25)15(2)24(28(3,26)27)20-10-5-4-9-19(20)22/h4-5,9-15H,6-8H2,1-3H3,(H,23,25)/t14-,15+/m0/s1. The van der Waals surface area contributed by atoms with Crippen LogP contribution in [0.4, 0.5) is 10.1 Å². The van der Waals surface area contributed by atoms with Gasteiger partial charge in [-0.3, -0.25) is 9.10 Å². The number of hydrogen-bond acceptors (Lipinski definition) is 3. The van der Waals surface area contributed by atoms with E-state index in [-0.39, 0.29) is 11.7 Å². The van der Waals surface area contributed by atoms with E-state index in [1.54, 1.807) is 0 Å². The van der Waals surface area contributed by atoms with Crippen LogP contribution in [0.2, 0.25) is 0 Å². The molecule has 0 heterocycles. The van der Waals surface area contributed by atoms with E-state index < -0.39 is 27.8 Å². The molecule has 0 bridgehead atoms. The Morgan fingerprint density at radius 3 is 2.46 bits per heavy atom. The highest BCUT2D eigenvalue weighted by Gasteiger charge is 2.31. The number of rotatable bonds is 6. The number of nitrogens with one attached hydrogen (secondary N) is 1. The fourth-order valence-corrected chi connectivity index (χ4v) is 4.87. The van der Waals surface area contributed by atoms with E-state index in [1.165, 1.54) is 42.3 Å². The topological polar surface area (TPSA) is 66.5 Å². The number of nitrogens with zero attached hydrogens (tertiary/aromatic N) is 1. The van der Waals surface area contributed by atoms with Gasteiger partial charge in [0.1, 0.15) is 11.9 Å². The third-order valence-electron chi connectivity index (χ3n) is 5.16. The molecule has 28 heavy (non-hydrogen) atoms. The van der Waals surface area contributed by atoms with Gasteiger partial charge in [0, 0.05) is 0 Å². The third-order valence-corrected chi connectivity index (χ3v) is 6.39. The lowest BCUT2D eigenvalue weighted by atomic mass is 10.0. The predicted octanol–water partition coefficient (Wildman–Crippen LogP) is 3.35. The largest absolute Gasteiger partial charge is 0.348 e. The van der Waals surface area contributed by atoms with Gasteiger partial charge in [0.25, 0.3) is 0 Å². The summed E-state index contributed by atoms with van der Waals surface area (Å²) >= 11 is 0. The van der Waals surface area contributed by atoms with Crippen molar-refractivity contribution in [1.29, 1.82) is 0 Å². The average Bonchev–Trinajstić information content (AvgIpc) is 3.10. The van der Waals surface area contributed by atoms with Crippen LogP contribution in [0.25, 0.3) is 0 Å². The molecule has 2 aromatic carbocycles. The summed E-state index contributed by atoms with van der Waals surface area (Å²) in [4.78, 5) is 12.8. The van der Waals surface area contributed by atoms with E-state index in [0.29, 0.717) is 0 Å². The molecule has 5 nitrogen and oxygen atoms in total. The lowest BCUT2D eigenvalue weighted by molar-refractivity contribution is -0.122. The first-order valence-corrected chi connectivity index (χ1v) is 11.2. The molecule has 0 spiro atoms. The molecule has 2 aromatic rings. The van der Waals surface area contributed by atoms with Crippen molar-refractivity contribution in [2.45, 2.75) is 45.2 Å². The first kappa shape index (κ1) is 20.3. The number of fused-ring (bicyclic) bond motifs is 1. The van der Waals surface area contributed by atoms with Gasteiger partial charge in [-0.15, -0.1) is 0 Å². The van der Waals surface area contributed by atoms with Gasteiger partial charge in [0.15, 0.2) is 0 Å². The minimum Gasteiger partial charge on any atom is -0.348 e. The van der Waals surface area contributed by atoms with Crippen LogP contribution in [0.3, 0.4) is 0 Å². The summed E-state index contributed by atoms with van der Waals surface area (Å²) in [5, 5.41) is 2.86. The molecule has 0 saturated heterocycles.